The molecule has 0 fully saturated rings. The van der Waals surface area contributed by atoms with E-state index in [1.807, 2.05) is 29.8 Å². The lowest BCUT2D eigenvalue weighted by Gasteiger charge is -2.11. The highest BCUT2D eigenvalue weighted by molar-refractivity contribution is 9.10. The highest BCUT2D eigenvalue weighted by Gasteiger charge is 2.11. The van der Waals surface area contributed by atoms with Crippen LogP contribution >= 0.6 is 15.9 Å². The van der Waals surface area contributed by atoms with Crippen molar-refractivity contribution in [2.24, 2.45) is 10.9 Å². The molecule has 0 atom stereocenters. The number of aromatic nitrogens is 2. The van der Waals surface area contributed by atoms with Crippen molar-refractivity contribution < 1.29 is 5.21 Å². The van der Waals surface area contributed by atoms with E-state index in [-0.39, 0.29) is 5.84 Å². The van der Waals surface area contributed by atoms with Crippen LogP contribution in [0.2, 0.25) is 0 Å². The van der Waals surface area contributed by atoms with Crippen molar-refractivity contribution in [3.63, 3.8) is 0 Å². The minimum atomic E-state index is 0.0700. The van der Waals surface area contributed by atoms with Gasteiger partial charge in [0, 0.05) is 22.4 Å². The van der Waals surface area contributed by atoms with Gasteiger partial charge in [0.05, 0.1) is 5.69 Å². The van der Waals surface area contributed by atoms with E-state index < -0.39 is 0 Å². The van der Waals surface area contributed by atoms with Crippen LogP contribution in [0.15, 0.2) is 40.2 Å². The Morgan fingerprint density at radius 3 is 2.88 bits per heavy atom. The summed E-state index contributed by atoms with van der Waals surface area (Å²) in [6.07, 6.45) is 3.53. The molecule has 17 heavy (non-hydrogen) atoms. The fraction of sp³-hybridized carbons (Fsp3) is 0.0909. The molecule has 0 bridgehead atoms. The number of aryl methyl sites for hydroxylation is 1. The number of rotatable bonds is 2. The van der Waals surface area contributed by atoms with E-state index in [4.69, 9.17) is 10.9 Å². The van der Waals surface area contributed by atoms with Crippen molar-refractivity contribution in [2.75, 3.05) is 0 Å². The summed E-state index contributed by atoms with van der Waals surface area (Å²) in [6.45, 7) is 1.89. The van der Waals surface area contributed by atoms with E-state index in [0.29, 0.717) is 5.56 Å². The summed E-state index contributed by atoms with van der Waals surface area (Å²) in [5, 5.41) is 11.8. The number of hydrogen-bond acceptors (Lipinski definition) is 3. The number of nitrogens with two attached hydrogens (primary N) is 1. The van der Waals surface area contributed by atoms with Gasteiger partial charge in [-0.1, -0.05) is 21.1 Å². The second-order valence-electron chi connectivity index (χ2n) is 3.49. The number of oxime groups is 1. The van der Waals surface area contributed by atoms with Crippen LogP contribution in [0.3, 0.4) is 0 Å². The number of nitrogens with zero attached hydrogens (tertiary/aromatic N) is 3. The van der Waals surface area contributed by atoms with Crippen molar-refractivity contribution in [1.82, 2.24) is 9.55 Å². The normalized spacial score (nSPS) is 11.8. The van der Waals surface area contributed by atoms with Crippen molar-refractivity contribution >= 4 is 21.8 Å². The van der Waals surface area contributed by atoms with Gasteiger partial charge in [-0.3, -0.25) is 0 Å². The molecule has 1 aromatic heterocycles. The zero-order valence-electron chi connectivity index (χ0n) is 9.13. The summed E-state index contributed by atoms with van der Waals surface area (Å²) in [5.41, 5.74) is 7.11. The second kappa shape index (κ2) is 4.58. The second-order valence-corrected chi connectivity index (χ2v) is 4.41. The first kappa shape index (κ1) is 11.7. The molecule has 0 spiro atoms. The third-order valence-corrected chi connectivity index (χ3v) is 2.92. The van der Waals surface area contributed by atoms with Crippen LogP contribution in [-0.2, 0) is 0 Å². The first-order chi connectivity index (χ1) is 8.13. The molecule has 0 saturated heterocycles. The molecule has 0 saturated carbocycles. The van der Waals surface area contributed by atoms with Gasteiger partial charge < -0.3 is 15.5 Å². The summed E-state index contributed by atoms with van der Waals surface area (Å²) < 4.78 is 2.79. The first-order valence-electron chi connectivity index (χ1n) is 4.91. The Morgan fingerprint density at radius 1 is 1.53 bits per heavy atom. The molecule has 3 N–H and O–H groups in total. The van der Waals surface area contributed by atoms with Crippen LogP contribution in [0.25, 0.3) is 5.69 Å². The molecule has 1 heterocycles. The summed E-state index contributed by atoms with van der Waals surface area (Å²) in [5.74, 6) is 0.899. The van der Waals surface area contributed by atoms with Crippen molar-refractivity contribution in [3.8, 4) is 5.69 Å². The Labute approximate surface area is 107 Å². The standard InChI is InChI=1S/C11H11BrN4O/c1-7-14-4-5-16(7)10-6-8(12)2-3-9(10)11(13)15-17/h2-6,17H,1H3,(H2,13,15). The SMILES string of the molecule is Cc1nccn1-c1cc(Br)ccc1/C(N)=N/O. The Bertz CT molecular complexity index is 577. The molecule has 0 radical (unpaired) electrons. The number of imidazole rings is 1. The number of halogens is 1. The van der Waals surface area contributed by atoms with Crippen LogP contribution < -0.4 is 5.73 Å². The molecule has 0 aliphatic rings. The average molecular weight is 295 g/mol. The Balaban J connectivity index is 2.67. The zero-order chi connectivity index (χ0) is 12.4. The molecule has 0 unspecified atom stereocenters. The maximum atomic E-state index is 8.78. The average Bonchev–Trinajstić information content (AvgIpc) is 2.74. The molecule has 0 aliphatic carbocycles. The van der Waals surface area contributed by atoms with Gasteiger partial charge in [0.15, 0.2) is 5.84 Å². The summed E-state index contributed by atoms with van der Waals surface area (Å²) >= 11 is 3.40. The third-order valence-electron chi connectivity index (χ3n) is 2.43. The van der Waals surface area contributed by atoms with Gasteiger partial charge in [0.2, 0.25) is 0 Å². The fourth-order valence-corrected chi connectivity index (χ4v) is 1.96. The van der Waals surface area contributed by atoms with E-state index in [9.17, 15) is 0 Å². The minimum Gasteiger partial charge on any atom is -0.409 e. The predicted molar refractivity (Wildman–Crippen MR) is 68.5 cm³/mol. The number of amidine groups is 1. The maximum Gasteiger partial charge on any atom is 0.172 e. The van der Waals surface area contributed by atoms with Crippen LogP contribution in [0.4, 0.5) is 0 Å². The van der Waals surface area contributed by atoms with Gasteiger partial charge in [-0.25, -0.2) is 4.98 Å². The molecule has 5 nitrogen and oxygen atoms in total. The monoisotopic (exact) mass is 294 g/mol. The molecule has 6 heteroatoms. The molecule has 0 amide bonds. The Hall–Kier alpha value is -1.82. The van der Waals surface area contributed by atoms with E-state index in [1.165, 1.54) is 0 Å². The third kappa shape index (κ3) is 2.16. The molecule has 1 aromatic carbocycles. The smallest absolute Gasteiger partial charge is 0.172 e. The van der Waals surface area contributed by atoms with Crippen LogP contribution in [-0.4, -0.2) is 20.6 Å². The van der Waals surface area contributed by atoms with Crippen molar-refractivity contribution in [1.29, 1.82) is 0 Å². The molecule has 2 aromatic rings. The number of hydrogen-bond donors (Lipinski definition) is 2. The van der Waals surface area contributed by atoms with E-state index in [0.717, 1.165) is 16.0 Å². The highest BCUT2D eigenvalue weighted by Crippen LogP contribution is 2.21. The van der Waals surface area contributed by atoms with Gasteiger partial charge in [0.25, 0.3) is 0 Å². The lowest BCUT2D eigenvalue weighted by molar-refractivity contribution is 0.318. The Morgan fingerprint density at radius 2 is 2.29 bits per heavy atom. The molecule has 2 rings (SSSR count). The summed E-state index contributed by atoms with van der Waals surface area (Å²) in [6, 6.07) is 5.51. The van der Waals surface area contributed by atoms with Gasteiger partial charge in [-0.2, -0.15) is 0 Å². The predicted octanol–water partition coefficient (Wildman–Crippen LogP) is 2.04. The van der Waals surface area contributed by atoms with Gasteiger partial charge in [-0.15, -0.1) is 0 Å². The zero-order valence-corrected chi connectivity index (χ0v) is 10.7. The van der Waals surface area contributed by atoms with Gasteiger partial charge in [0.1, 0.15) is 5.82 Å². The molecule has 88 valence electrons. The van der Waals surface area contributed by atoms with Crippen LogP contribution in [0.5, 0.6) is 0 Å². The van der Waals surface area contributed by atoms with Crippen molar-refractivity contribution in [3.05, 3.63) is 46.5 Å². The van der Waals surface area contributed by atoms with E-state index >= 15 is 0 Å². The van der Waals surface area contributed by atoms with Gasteiger partial charge in [-0.05, 0) is 25.1 Å². The summed E-state index contributed by atoms with van der Waals surface area (Å²) in [4.78, 5) is 4.15. The molecule has 0 aliphatic heterocycles. The quantitative estimate of drug-likeness (QED) is 0.385. The topological polar surface area (TPSA) is 76.4 Å². The lowest BCUT2D eigenvalue weighted by atomic mass is 10.1. The van der Waals surface area contributed by atoms with Crippen molar-refractivity contribution in [2.45, 2.75) is 6.92 Å². The van der Waals surface area contributed by atoms with Crippen LogP contribution in [0.1, 0.15) is 11.4 Å². The lowest BCUT2D eigenvalue weighted by Crippen LogP contribution is -2.16. The molecular formula is C11H11BrN4O. The van der Waals surface area contributed by atoms with Gasteiger partial charge >= 0.3 is 0 Å². The Kier molecular flexibility index (Phi) is 3.14. The van der Waals surface area contributed by atoms with E-state index in [2.05, 4.69) is 26.1 Å². The number of benzene rings is 1. The maximum absolute atomic E-state index is 8.78. The minimum absolute atomic E-state index is 0.0700. The van der Waals surface area contributed by atoms with E-state index in [1.54, 1.807) is 12.3 Å². The fourth-order valence-electron chi connectivity index (χ4n) is 1.61. The first-order valence-corrected chi connectivity index (χ1v) is 5.70. The molecular weight excluding hydrogens is 284 g/mol. The summed E-state index contributed by atoms with van der Waals surface area (Å²) in [7, 11) is 0. The van der Waals surface area contributed by atoms with Crippen LogP contribution in [0, 0.1) is 6.92 Å². The largest absolute Gasteiger partial charge is 0.409 e. The highest BCUT2D eigenvalue weighted by atomic mass is 79.9.